The molecule has 0 aliphatic rings. The van der Waals surface area contributed by atoms with Gasteiger partial charge < -0.3 is 9.15 Å². The molecule has 4 nitrogen and oxygen atoms in total. The molecule has 0 saturated heterocycles. The van der Waals surface area contributed by atoms with Crippen molar-refractivity contribution >= 4 is 40.8 Å². The van der Waals surface area contributed by atoms with Crippen LogP contribution in [-0.2, 0) is 4.74 Å². The molecule has 0 amide bonds. The van der Waals surface area contributed by atoms with E-state index in [1.807, 2.05) is 6.07 Å². The Morgan fingerprint density at radius 1 is 1.11 bits per heavy atom. The van der Waals surface area contributed by atoms with Crippen molar-refractivity contribution in [1.29, 1.82) is 5.26 Å². The topological polar surface area (TPSA) is 63.2 Å². The maximum Gasteiger partial charge on any atom is 0.338 e. The van der Waals surface area contributed by atoms with Crippen molar-refractivity contribution in [2.75, 3.05) is 6.61 Å². The third-order valence-electron chi connectivity index (χ3n) is 3.92. The predicted molar refractivity (Wildman–Crippen MR) is 110 cm³/mol. The highest BCUT2D eigenvalue weighted by Gasteiger charge is 2.11. The molecule has 0 aliphatic carbocycles. The van der Waals surface area contributed by atoms with Crippen LogP contribution in [0.5, 0.6) is 0 Å². The minimum absolute atomic E-state index is 0.310. The first kappa shape index (κ1) is 19.8. The van der Waals surface area contributed by atoms with E-state index >= 15 is 0 Å². The van der Waals surface area contributed by atoms with Crippen LogP contribution in [0.1, 0.15) is 28.6 Å². The molecule has 1 aromatic heterocycles. The van der Waals surface area contributed by atoms with E-state index in [0.29, 0.717) is 44.9 Å². The number of carbonyl (C=O) groups excluding carboxylic acids is 1. The number of halogens is 2. The summed E-state index contributed by atoms with van der Waals surface area (Å²) < 4.78 is 10.9. The van der Waals surface area contributed by atoms with Crippen LogP contribution < -0.4 is 0 Å². The molecule has 140 valence electrons. The Morgan fingerprint density at radius 3 is 2.64 bits per heavy atom. The quantitative estimate of drug-likeness (QED) is 0.355. The zero-order valence-electron chi connectivity index (χ0n) is 14.9. The first-order chi connectivity index (χ1) is 13.5. The Balaban J connectivity index is 1.90. The average molecular weight is 412 g/mol. The Bertz CT molecular complexity index is 1090. The third kappa shape index (κ3) is 4.45. The average Bonchev–Trinajstić information content (AvgIpc) is 3.17. The number of nitriles is 1. The third-order valence-corrected chi connectivity index (χ3v) is 4.66. The zero-order chi connectivity index (χ0) is 20.1. The second-order valence-corrected chi connectivity index (χ2v) is 6.62. The van der Waals surface area contributed by atoms with Crippen LogP contribution in [0.15, 0.2) is 59.0 Å². The molecule has 0 radical (unpaired) electrons. The van der Waals surface area contributed by atoms with Gasteiger partial charge in [-0.05, 0) is 55.0 Å². The van der Waals surface area contributed by atoms with Crippen LogP contribution in [-0.4, -0.2) is 12.6 Å². The van der Waals surface area contributed by atoms with E-state index in [1.54, 1.807) is 61.5 Å². The van der Waals surface area contributed by atoms with Crippen molar-refractivity contribution in [3.05, 3.63) is 81.5 Å². The SMILES string of the molecule is CCOC(=O)c1cccc(-c2ccc(/C=C(/C#N)c3ccc(Cl)c(Cl)c3)o2)c1. The number of benzene rings is 2. The van der Waals surface area contributed by atoms with Crippen LogP contribution in [0.25, 0.3) is 23.0 Å². The summed E-state index contributed by atoms with van der Waals surface area (Å²) in [6.07, 6.45) is 1.62. The molecule has 0 aliphatic heterocycles. The lowest BCUT2D eigenvalue weighted by atomic mass is 10.1. The van der Waals surface area contributed by atoms with Crippen LogP contribution in [0.3, 0.4) is 0 Å². The van der Waals surface area contributed by atoms with E-state index in [1.165, 1.54) is 0 Å². The first-order valence-corrected chi connectivity index (χ1v) is 9.22. The fourth-order valence-corrected chi connectivity index (χ4v) is 2.88. The number of nitrogens with zero attached hydrogens (tertiary/aromatic N) is 1. The number of ether oxygens (including phenoxy) is 1. The lowest BCUT2D eigenvalue weighted by molar-refractivity contribution is 0.0526. The van der Waals surface area contributed by atoms with Crippen molar-refractivity contribution in [3.8, 4) is 17.4 Å². The minimum atomic E-state index is -0.387. The van der Waals surface area contributed by atoms with Gasteiger partial charge in [0.25, 0.3) is 0 Å². The highest BCUT2D eigenvalue weighted by atomic mass is 35.5. The molecule has 28 heavy (non-hydrogen) atoms. The second kappa shape index (κ2) is 8.79. The van der Waals surface area contributed by atoms with Gasteiger partial charge in [0.2, 0.25) is 0 Å². The van der Waals surface area contributed by atoms with E-state index in [9.17, 15) is 10.1 Å². The Morgan fingerprint density at radius 2 is 1.93 bits per heavy atom. The van der Waals surface area contributed by atoms with Gasteiger partial charge in [-0.1, -0.05) is 41.4 Å². The van der Waals surface area contributed by atoms with E-state index in [-0.39, 0.29) is 5.97 Å². The van der Waals surface area contributed by atoms with Gasteiger partial charge in [-0.3, -0.25) is 0 Å². The Hall–Kier alpha value is -3.00. The standard InChI is InChI=1S/C22H15Cl2NO3/c1-2-27-22(26)16-5-3-4-15(10-16)21-9-7-18(28-21)11-17(13-25)14-6-8-19(23)20(24)12-14/h3-12H,2H2,1H3/b17-11-. The predicted octanol–water partition coefficient (Wildman–Crippen LogP) is 6.49. The van der Waals surface area contributed by atoms with Gasteiger partial charge in [0.1, 0.15) is 11.5 Å². The van der Waals surface area contributed by atoms with Crippen LogP contribution in [0, 0.1) is 11.3 Å². The van der Waals surface area contributed by atoms with Gasteiger partial charge in [0.15, 0.2) is 0 Å². The van der Waals surface area contributed by atoms with E-state index in [2.05, 4.69) is 6.07 Å². The molecule has 0 saturated carbocycles. The van der Waals surface area contributed by atoms with Crippen molar-refractivity contribution in [1.82, 2.24) is 0 Å². The summed E-state index contributed by atoms with van der Waals surface area (Å²) >= 11 is 12.0. The Labute approximate surface area is 172 Å². The summed E-state index contributed by atoms with van der Waals surface area (Å²) in [7, 11) is 0. The van der Waals surface area contributed by atoms with Crippen molar-refractivity contribution in [2.45, 2.75) is 6.92 Å². The van der Waals surface area contributed by atoms with Crippen molar-refractivity contribution in [2.24, 2.45) is 0 Å². The van der Waals surface area contributed by atoms with E-state index in [0.717, 1.165) is 5.56 Å². The summed E-state index contributed by atoms with van der Waals surface area (Å²) in [6.45, 7) is 2.07. The smallest absolute Gasteiger partial charge is 0.338 e. The van der Waals surface area contributed by atoms with Gasteiger partial charge in [-0.15, -0.1) is 0 Å². The van der Waals surface area contributed by atoms with E-state index in [4.69, 9.17) is 32.4 Å². The number of hydrogen-bond donors (Lipinski definition) is 0. The molecule has 3 aromatic rings. The monoisotopic (exact) mass is 411 g/mol. The van der Waals surface area contributed by atoms with Crippen LogP contribution in [0.4, 0.5) is 0 Å². The lowest BCUT2D eigenvalue weighted by Crippen LogP contribution is -2.04. The Kier molecular flexibility index (Phi) is 6.20. The van der Waals surface area contributed by atoms with Crippen molar-refractivity contribution in [3.63, 3.8) is 0 Å². The van der Waals surface area contributed by atoms with Gasteiger partial charge >= 0.3 is 5.97 Å². The highest BCUT2D eigenvalue weighted by Crippen LogP contribution is 2.29. The second-order valence-electron chi connectivity index (χ2n) is 5.80. The van der Waals surface area contributed by atoms with Gasteiger partial charge in [-0.2, -0.15) is 5.26 Å². The molecule has 0 atom stereocenters. The maximum absolute atomic E-state index is 11.9. The van der Waals surface area contributed by atoms with Crippen LogP contribution >= 0.6 is 23.2 Å². The van der Waals surface area contributed by atoms with E-state index < -0.39 is 0 Å². The molecule has 3 rings (SSSR count). The molecule has 0 unspecified atom stereocenters. The molecule has 0 fully saturated rings. The van der Waals surface area contributed by atoms with Gasteiger partial charge in [-0.25, -0.2) is 4.79 Å². The molecule has 0 N–H and O–H groups in total. The molecular weight excluding hydrogens is 397 g/mol. The first-order valence-electron chi connectivity index (χ1n) is 8.46. The molecule has 0 spiro atoms. The van der Waals surface area contributed by atoms with Crippen LogP contribution in [0.2, 0.25) is 10.0 Å². The number of esters is 1. The fourth-order valence-electron chi connectivity index (χ4n) is 2.59. The minimum Gasteiger partial charge on any atom is -0.462 e. The number of carbonyl (C=O) groups is 1. The lowest BCUT2D eigenvalue weighted by Gasteiger charge is -2.03. The number of furan rings is 1. The molecule has 2 aromatic carbocycles. The van der Waals surface area contributed by atoms with Gasteiger partial charge in [0, 0.05) is 5.56 Å². The molecule has 0 bridgehead atoms. The summed E-state index contributed by atoms with van der Waals surface area (Å²) in [4.78, 5) is 11.9. The van der Waals surface area contributed by atoms with Gasteiger partial charge in [0.05, 0.1) is 33.9 Å². The van der Waals surface area contributed by atoms with Crippen molar-refractivity contribution < 1.29 is 13.9 Å². The molecule has 1 heterocycles. The summed E-state index contributed by atoms with van der Waals surface area (Å²) in [5, 5.41) is 10.3. The highest BCUT2D eigenvalue weighted by molar-refractivity contribution is 6.42. The number of hydrogen-bond acceptors (Lipinski definition) is 4. The number of rotatable bonds is 5. The maximum atomic E-state index is 11.9. The summed E-state index contributed by atoms with van der Waals surface area (Å²) in [5.74, 6) is 0.686. The fraction of sp³-hybridized carbons (Fsp3) is 0.0909. The zero-order valence-corrected chi connectivity index (χ0v) is 16.4. The number of allylic oxidation sites excluding steroid dienone is 1. The molecular formula is C22H15Cl2NO3. The largest absolute Gasteiger partial charge is 0.462 e. The summed E-state index contributed by atoms with van der Waals surface area (Å²) in [5.41, 5.74) is 2.21. The normalized spacial score (nSPS) is 11.1. The molecule has 6 heteroatoms. The summed E-state index contributed by atoms with van der Waals surface area (Å²) in [6, 6.07) is 17.6.